The molecule has 18 heavy (non-hydrogen) atoms. The van der Waals surface area contributed by atoms with Gasteiger partial charge in [0.2, 0.25) is 5.91 Å². The molecule has 0 bridgehead atoms. The molecule has 0 saturated carbocycles. The number of hydrogen-bond acceptors (Lipinski definition) is 4. The van der Waals surface area contributed by atoms with Crippen molar-refractivity contribution in [1.82, 2.24) is 15.1 Å². The van der Waals surface area contributed by atoms with E-state index in [1.807, 2.05) is 11.8 Å². The minimum absolute atomic E-state index is 0.288. The molecule has 4 nitrogen and oxygen atoms in total. The predicted molar refractivity (Wildman–Crippen MR) is 72.7 cm³/mol. The Balaban J connectivity index is 1.98. The maximum atomic E-state index is 12.1. The second kappa shape index (κ2) is 5.78. The number of likely N-dealkylation sites (tertiary alicyclic amines) is 1. The Labute approximate surface area is 112 Å². The third kappa shape index (κ3) is 3.28. The molecule has 0 aliphatic carbocycles. The number of nitrogens with zero attached hydrogens (tertiary/aromatic N) is 3. The van der Waals surface area contributed by atoms with Gasteiger partial charge in [0.05, 0.1) is 0 Å². The number of carbonyl (C=O) groups is 1. The molecule has 1 saturated heterocycles. The minimum Gasteiger partial charge on any atom is -0.342 e. The lowest BCUT2D eigenvalue weighted by Gasteiger charge is -2.32. The van der Waals surface area contributed by atoms with E-state index in [4.69, 9.17) is 0 Å². The SMILES string of the molecule is Cc1nnc(C2CCCN(C(=O)CC(C)C)C2)s1. The van der Waals surface area contributed by atoms with Gasteiger partial charge < -0.3 is 4.90 Å². The number of amides is 1. The zero-order valence-corrected chi connectivity index (χ0v) is 12.2. The van der Waals surface area contributed by atoms with Crippen molar-refractivity contribution < 1.29 is 4.79 Å². The molecule has 1 atom stereocenters. The van der Waals surface area contributed by atoms with Crippen molar-refractivity contribution in [1.29, 1.82) is 0 Å². The van der Waals surface area contributed by atoms with E-state index in [0.717, 1.165) is 35.9 Å². The molecule has 0 radical (unpaired) electrons. The van der Waals surface area contributed by atoms with E-state index in [1.54, 1.807) is 11.3 Å². The van der Waals surface area contributed by atoms with Crippen LogP contribution >= 0.6 is 11.3 Å². The summed E-state index contributed by atoms with van der Waals surface area (Å²) in [5, 5.41) is 10.4. The lowest BCUT2D eigenvalue weighted by atomic mass is 9.98. The van der Waals surface area contributed by atoms with Gasteiger partial charge >= 0.3 is 0 Å². The van der Waals surface area contributed by atoms with E-state index in [-0.39, 0.29) is 5.91 Å². The number of piperidine rings is 1. The summed E-state index contributed by atoms with van der Waals surface area (Å²) in [6.45, 7) is 7.88. The minimum atomic E-state index is 0.288. The van der Waals surface area contributed by atoms with Crippen molar-refractivity contribution in [3.63, 3.8) is 0 Å². The van der Waals surface area contributed by atoms with E-state index >= 15 is 0 Å². The molecule has 1 fully saturated rings. The molecule has 2 heterocycles. The van der Waals surface area contributed by atoms with Gasteiger partial charge in [-0.3, -0.25) is 4.79 Å². The highest BCUT2D eigenvalue weighted by atomic mass is 32.1. The number of rotatable bonds is 3. The summed E-state index contributed by atoms with van der Waals surface area (Å²) >= 11 is 1.66. The molecular weight excluding hydrogens is 246 g/mol. The van der Waals surface area contributed by atoms with Crippen LogP contribution in [0.3, 0.4) is 0 Å². The number of hydrogen-bond donors (Lipinski definition) is 0. The number of carbonyl (C=O) groups excluding carboxylic acids is 1. The lowest BCUT2D eigenvalue weighted by molar-refractivity contribution is -0.133. The summed E-state index contributed by atoms with van der Waals surface area (Å²) in [7, 11) is 0. The Bertz CT molecular complexity index is 416. The van der Waals surface area contributed by atoms with E-state index < -0.39 is 0 Å². The molecule has 1 aromatic rings. The molecule has 2 rings (SSSR count). The van der Waals surface area contributed by atoms with Crippen molar-refractivity contribution in [2.24, 2.45) is 5.92 Å². The molecule has 1 amide bonds. The van der Waals surface area contributed by atoms with Gasteiger partial charge in [-0.15, -0.1) is 21.5 Å². The van der Waals surface area contributed by atoms with Crippen molar-refractivity contribution in [2.45, 2.75) is 46.0 Å². The van der Waals surface area contributed by atoms with Gasteiger partial charge in [-0.2, -0.15) is 0 Å². The monoisotopic (exact) mass is 267 g/mol. The van der Waals surface area contributed by atoms with Crippen molar-refractivity contribution in [3.8, 4) is 0 Å². The second-order valence-corrected chi connectivity index (χ2v) is 6.65. The van der Waals surface area contributed by atoms with Gasteiger partial charge in [-0.1, -0.05) is 13.8 Å². The van der Waals surface area contributed by atoms with E-state index in [2.05, 4.69) is 24.0 Å². The highest BCUT2D eigenvalue weighted by molar-refractivity contribution is 7.11. The van der Waals surface area contributed by atoms with Gasteiger partial charge in [0.1, 0.15) is 10.0 Å². The molecule has 1 unspecified atom stereocenters. The van der Waals surface area contributed by atoms with Crippen LogP contribution in [0.25, 0.3) is 0 Å². The highest BCUT2D eigenvalue weighted by Crippen LogP contribution is 2.29. The average Bonchev–Trinajstić information content (AvgIpc) is 2.75. The summed E-state index contributed by atoms with van der Waals surface area (Å²) in [6, 6.07) is 0. The third-order valence-electron chi connectivity index (χ3n) is 3.25. The molecule has 1 aliphatic heterocycles. The first kappa shape index (κ1) is 13.5. The van der Waals surface area contributed by atoms with Crippen LogP contribution in [0.2, 0.25) is 0 Å². The fraction of sp³-hybridized carbons (Fsp3) is 0.769. The van der Waals surface area contributed by atoms with Gasteiger partial charge in [-0.25, -0.2) is 0 Å². The van der Waals surface area contributed by atoms with Crippen molar-refractivity contribution in [3.05, 3.63) is 10.0 Å². The Hall–Kier alpha value is -0.970. The van der Waals surface area contributed by atoms with E-state index in [1.165, 1.54) is 0 Å². The Kier molecular flexibility index (Phi) is 4.32. The maximum absolute atomic E-state index is 12.1. The molecule has 0 N–H and O–H groups in total. The molecule has 1 aliphatic rings. The van der Waals surface area contributed by atoms with Crippen molar-refractivity contribution in [2.75, 3.05) is 13.1 Å². The van der Waals surface area contributed by atoms with Crippen LogP contribution in [-0.2, 0) is 4.79 Å². The van der Waals surface area contributed by atoms with E-state index in [0.29, 0.717) is 18.3 Å². The van der Waals surface area contributed by atoms with Crippen LogP contribution in [-0.4, -0.2) is 34.1 Å². The Morgan fingerprint density at radius 3 is 2.89 bits per heavy atom. The summed E-state index contributed by atoms with van der Waals surface area (Å²) < 4.78 is 0. The van der Waals surface area contributed by atoms with Crippen molar-refractivity contribution >= 4 is 17.2 Å². The highest BCUT2D eigenvalue weighted by Gasteiger charge is 2.26. The average molecular weight is 267 g/mol. The van der Waals surface area contributed by atoms with Crippen LogP contribution in [0.15, 0.2) is 0 Å². The molecule has 0 aromatic carbocycles. The first-order valence-corrected chi connectivity index (χ1v) is 7.45. The first-order chi connectivity index (χ1) is 8.56. The largest absolute Gasteiger partial charge is 0.342 e. The fourth-order valence-corrected chi connectivity index (χ4v) is 3.19. The van der Waals surface area contributed by atoms with E-state index in [9.17, 15) is 4.79 Å². The predicted octanol–water partition coefficient (Wildman–Crippen LogP) is 2.60. The van der Waals surface area contributed by atoms with Gasteiger partial charge in [0.15, 0.2) is 0 Å². The summed E-state index contributed by atoms with van der Waals surface area (Å²) in [5.74, 6) is 1.11. The summed E-state index contributed by atoms with van der Waals surface area (Å²) in [6.07, 6.45) is 2.86. The zero-order valence-electron chi connectivity index (χ0n) is 11.3. The lowest BCUT2D eigenvalue weighted by Crippen LogP contribution is -2.39. The Morgan fingerprint density at radius 2 is 2.28 bits per heavy atom. The first-order valence-electron chi connectivity index (χ1n) is 6.64. The van der Waals surface area contributed by atoms with Gasteiger partial charge in [-0.05, 0) is 25.7 Å². The Morgan fingerprint density at radius 1 is 1.50 bits per heavy atom. The zero-order chi connectivity index (χ0) is 13.1. The van der Waals surface area contributed by atoms with Crippen LogP contribution in [0.4, 0.5) is 0 Å². The smallest absolute Gasteiger partial charge is 0.222 e. The van der Waals surface area contributed by atoms with Crippen LogP contribution in [0.5, 0.6) is 0 Å². The third-order valence-corrected chi connectivity index (χ3v) is 4.25. The molecule has 0 spiro atoms. The summed E-state index contributed by atoms with van der Waals surface area (Å²) in [5.41, 5.74) is 0. The second-order valence-electron chi connectivity index (χ2n) is 5.44. The fourth-order valence-electron chi connectivity index (χ4n) is 2.36. The normalized spacial score (nSPS) is 20.4. The molecule has 5 heteroatoms. The van der Waals surface area contributed by atoms with Gasteiger partial charge in [0, 0.05) is 25.4 Å². The van der Waals surface area contributed by atoms with Gasteiger partial charge in [0.25, 0.3) is 0 Å². The maximum Gasteiger partial charge on any atom is 0.222 e. The molecular formula is C13H21N3OS. The van der Waals surface area contributed by atoms with Crippen LogP contribution in [0.1, 0.15) is 49.0 Å². The molecule has 1 aromatic heterocycles. The van der Waals surface area contributed by atoms with Crippen LogP contribution in [0, 0.1) is 12.8 Å². The summed E-state index contributed by atoms with van der Waals surface area (Å²) in [4.78, 5) is 14.1. The molecule has 100 valence electrons. The number of aromatic nitrogens is 2. The number of aryl methyl sites for hydroxylation is 1. The van der Waals surface area contributed by atoms with Crippen LogP contribution < -0.4 is 0 Å². The topological polar surface area (TPSA) is 46.1 Å². The quantitative estimate of drug-likeness (QED) is 0.845. The standard InChI is InChI=1S/C13H21N3OS/c1-9(2)7-12(17)16-6-4-5-11(8-16)13-15-14-10(3)18-13/h9,11H,4-8H2,1-3H3.